The number of hydrogen-bond donors (Lipinski definition) is 4. The highest BCUT2D eigenvalue weighted by Gasteiger charge is 2.52. The second kappa shape index (κ2) is 15.1. The lowest BCUT2D eigenvalue weighted by molar-refractivity contribution is -0.292. The lowest BCUT2D eigenvalue weighted by Gasteiger charge is -2.45. The van der Waals surface area contributed by atoms with E-state index < -0.39 is 62.7 Å². The molecule has 0 aliphatic carbocycles. The highest BCUT2D eigenvalue weighted by Crippen LogP contribution is 2.37. The second-order valence-electron chi connectivity index (χ2n) is 13.8. The molecule has 0 spiro atoms. The molecule has 47 heavy (non-hydrogen) atoms. The number of hydrogen-bond acceptors (Lipinski definition) is 9. The number of ether oxygens (including phenoxy) is 3. The number of nitrogens with one attached hydrogen (secondary N) is 1. The topological polar surface area (TPSA) is 144 Å². The average molecular weight is 666 g/mol. The fraction of sp³-hybridized carbons (Fsp3) is 0.444. The first-order chi connectivity index (χ1) is 22.1. The predicted molar refractivity (Wildman–Crippen MR) is 180 cm³/mol. The molecule has 1 heterocycles. The van der Waals surface area contributed by atoms with E-state index in [1.165, 1.54) is 0 Å². The first-order valence-corrected chi connectivity index (χ1v) is 17.7. The van der Waals surface area contributed by atoms with Crippen LogP contribution in [0, 0.1) is 0 Å². The van der Waals surface area contributed by atoms with Crippen molar-refractivity contribution >= 4 is 30.8 Å². The third-order valence-electron chi connectivity index (χ3n) is 8.04. The zero-order chi connectivity index (χ0) is 34.4. The van der Waals surface area contributed by atoms with Gasteiger partial charge >= 0.3 is 12.1 Å². The van der Waals surface area contributed by atoms with E-state index in [0.29, 0.717) is 0 Å². The number of amides is 1. The monoisotopic (exact) mass is 665 g/mol. The molecule has 1 aliphatic rings. The molecule has 3 aromatic rings. The van der Waals surface area contributed by atoms with Gasteiger partial charge in [0.2, 0.25) is 6.29 Å². The molecule has 4 rings (SSSR count). The zero-order valence-corrected chi connectivity index (χ0v) is 28.8. The Labute approximate surface area is 277 Å². The van der Waals surface area contributed by atoms with Crippen LogP contribution in [0.2, 0.25) is 5.04 Å². The van der Waals surface area contributed by atoms with Gasteiger partial charge in [0.15, 0.2) is 0 Å². The lowest BCUT2D eigenvalue weighted by atomic mass is 9.99. The molecule has 1 amide bonds. The molecule has 6 atom stereocenters. The smallest absolute Gasteiger partial charge is 0.408 e. The Morgan fingerprint density at radius 3 is 1.79 bits per heavy atom. The summed E-state index contributed by atoms with van der Waals surface area (Å²) >= 11 is 0. The molecular weight excluding hydrogens is 618 g/mol. The van der Waals surface area contributed by atoms with Crippen LogP contribution in [0.4, 0.5) is 4.79 Å². The molecule has 0 bridgehead atoms. The van der Waals surface area contributed by atoms with Crippen LogP contribution in [0.25, 0.3) is 0 Å². The number of alkyl carbamates (subject to hydrolysis) is 1. The maximum absolute atomic E-state index is 13.5. The summed E-state index contributed by atoms with van der Waals surface area (Å²) in [5.41, 5.74) is -0.0744. The molecule has 0 saturated carbocycles. The van der Waals surface area contributed by atoms with Crippen molar-refractivity contribution in [1.29, 1.82) is 0 Å². The van der Waals surface area contributed by atoms with Crippen molar-refractivity contribution in [2.45, 2.75) is 95.4 Å². The number of carbonyl (C=O) groups is 2. The van der Waals surface area contributed by atoms with Gasteiger partial charge in [0.05, 0.1) is 6.61 Å². The summed E-state index contributed by atoms with van der Waals surface area (Å²) in [5.74, 6) is -0.918. The van der Waals surface area contributed by atoms with Gasteiger partial charge in [0, 0.05) is 6.42 Å². The molecule has 0 unspecified atom stereocenters. The standard InChI is InChI=1S/C36H47NO9Si/c1-35(2,3)46-34(42)37-27(22-24-16-10-7-11-17-24)32(41)45-33-31(40)30(39)29(38)28(44-33)23-43-47(36(4,5)6,25-18-12-8-13-19-25)26-20-14-9-15-21-26/h7-21,27-31,33,38-40H,22-23H2,1-6H3,(H,37,42)/t27-,28+,29-,30-,31+,33+/m0/s1. The molecular formula is C36H47NO9Si. The van der Waals surface area contributed by atoms with Crippen LogP contribution in [0.3, 0.4) is 0 Å². The lowest BCUT2D eigenvalue weighted by Crippen LogP contribution is -2.68. The van der Waals surface area contributed by atoms with E-state index in [1.54, 1.807) is 45.0 Å². The van der Waals surface area contributed by atoms with Crippen molar-refractivity contribution in [3.8, 4) is 0 Å². The molecule has 4 N–H and O–H groups in total. The minimum atomic E-state index is -3.06. The van der Waals surface area contributed by atoms with Crippen molar-refractivity contribution in [3.63, 3.8) is 0 Å². The van der Waals surface area contributed by atoms with Gasteiger partial charge in [0.25, 0.3) is 8.32 Å². The SMILES string of the molecule is CC(C)(C)OC(=O)N[C@@H](Cc1ccccc1)C(=O)O[C@H]1O[C@H](CO[Si](c2ccccc2)(c2ccccc2)C(C)(C)C)[C@H](O)[C@H](O)[C@H]1O. The van der Waals surface area contributed by atoms with Gasteiger partial charge in [-0.15, -0.1) is 0 Å². The zero-order valence-electron chi connectivity index (χ0n) is 27.8. The van der Waals surface area contributed by atoms with E-state index in [-0.39, 0.29) is 18.1 Å². The van der Waals surface area contributed by atoms with Crippen molar-refractivity contribution < 1.29 is 43.5 Å². The Morgan fingerprint density at radius 2 is 1.30 bits per heavy atom. The summed E-state index contributed by atoms with van der Waals surface area (Å²) < 4.78 is 23.8. The highest BCUT2D eigenvalue weighted by molar-refractivity contribution is 6.99. The van der Waals surface area contributed by atoms with Crippen LogP contribution in [0.15, 0.2) is 91.0 Å². The van der Waals surface area contributed by atoms with Gasteiger partial charge in [-0.2, -0.15) is 0 Å². The normalized spacial score (nSPS) is 22.6. The largest absolute Gasteiger partial charge is 0.444 e. The summed E-state index contributed by atoms with van der Waals surface area (Å²) in [5, 5.41) is 36.9. The van der Waals surface area contributed by atoms with E-state index in [1.807, 2.05) is 66.7 Å². The molecule has 11 heteroatoms. The number of aliphatic hydroxyl groups excluding tert-OH is 3. The van der Waals surface area contributed by atoms with Gasteiger partial charge < -0.3 is 39.3 Å². The summed E-state index contributed by atoms with van der Waals surface area (Å²) in [6, 6.07) is 27.6. The molecule has 1 saturated heterocycles. The van der Waals surface area contributed by atoms with Crippen molar-refractivity contribution in [1.82, 2.24) is 5.32 Å². The maximum atomic E-state index is 13.5. The molecule has 254 valence electrons. The van der Waals surface area contributed by atoms with E-state index in [0.717, 1.165) is 15.9 Å². The van der Waals surface area contributed by atoms with Crippen LogP contribution >= 0.6 is 0 Å². The van der Waals surface area contributed by atoms with Crippen LogP contribution in [0.1, 0.15) is 47.1 Å². The summed E-state index contributed by atoms with van der Waals surface area (Å²) in [6.45, 7) is 11.2. The van der Waals surface area contributed by atoms with Gasteiger partial charge in [-0.3, -0.25) is 0 Å². The van der Waals surface area contributed by atoms with Crippen molar-refractivity contribution in [2.75, 3.05) is 6.61 Å². The molecule has 1 fully saturated rings. The van der Waals surface area contributed by atoms with Crippen molar-refractivity contribution in [2.24, 2.45) is 0 Å². The average Bonchev–Trinajstić information content (AvgIpc) is 3.02. The van der Waals surface area contributed by atoms with Gasteiger partial charge in [0.1, 0.15) is 36.1 Å². The number of benzene rings is 3. The number of carbonyl (C=O) groups excluding carboxylic acids is 2. The van der Waals surface area contributed by atoms with Gasteiger partial charge in [-0.1, -0.05) is 112 Å². The fourth-order valence-corrected chi connectivity index (χ4v) is 10.4. The first kappa shape index (κ1) is 36.3. The third kappa shape index (κ3) is 8.86. The van der Waals surface area contributed by atoms with Gasteiger partial charge in [-0.05, 0) is 41.7 Å². The maximum Gasteiger partial charge on any atom is 0.408 e. The summed E-state index contributed by atoms with van der Waals surface area (Å²) in [7, 11) is -3.06. The van der Waals surface area contributed by atoms with Gasteiger partial charge in [-0.25, -0.2) is 9.59 Å². The van der Waals surface area contributed by atoms with E-state index >= 15 is 0 Å². The molecule has 0 radical (unpaired) electrons. The molecule has 3 aromatic carbocycles. The minimum absolute atomic E-state index is 0.0628. The number of aliphatic hydroxyl groups is 3. The Morgan fingerprint density at radius 1 is 0.787 bits per heavy atom. The third-order valence-corrected chi connectivity index (χ3v) is 13.0. The van der Waals surface area contributed by atoms with E-state index in [9.17, 15) is 24.9 Å². The number of esters is 1. The molecule has 0 aromatic heterocycles. The second-order valence-corrected chi connectivity index (χ2v) is 18.1. The molecule has 10 nitrogen and oxygen atoms in total. The summed E-state index contributed by atoms with van der Waals surface area (Å²) in [4.78, 5) is 26.2. The Bertz CT molecular complexity index is 1400. The van der Waals surface area contributed by atoms with Crippen LogP contribution < -0.4 is 15.7 Å². The minimum Gasteiger partial charge on any atom is -0.444 e. The number of rotatable bonds is 10. The Balaban J connectivity index is 1.58. The Kier molecular flexibility index (Phi) is 11.6. The van der Waals surface area contributed by atoms with Crippen molar-refractivity contribution in [3.05, 3.63) is 96.6 Å². The van der Waals surface area contributed by atoms with Crippen LogP contribution in [0.5, 0.6) is 0 Å². The summed E-state index contributed by atoms with van der Waals surface area (Å²) in [6.07, 6.45) is -8.61. The quantitative estimate of drug-likeness (QED) is 0.190. The predicted octanol–water partition coefficient (Wildman–Crippen LogP) is 3.05. The Hall–Kier alpha value is -3.58. The fourth-order valence-electron chi connectivity index (χ4n) is 5.81. The van der Waals surface area contributed by atoms with E-state index in [4.69, 9.17) is 18.6 Å². The molecule has 1 aliphatic heterocycles. The first-order valence-electron chi connectivity index (χ1n) is 15.8. The van der Waals surface area contributed by atoms with Crippen LogP contribution in [-0.4, -0.2) is 84.7 Å². The van der Waals surface area contributed by atoms with E-state index in [2.05, 4.69) is 26.1 Å². The highest BCUT2D eigenvalue weighted by atomic mass is 28.4. The van der Waals surface area contributed by atoms with Crippen LogP contribution in [-0.2, 0) is 29.9 Å².